The number of ether oxygens (including phenoxy) is 1. The zero-order chi connectivity index (χ0) is 27.4. The molecule has 2 aliphatic rings. The number of nitrogens with one attached hydrogen (secondary N) is 1. The second kappa shape index (κ2) is 12.0. The zero-order valence-electron chi connectivity index (χ0n) is 24.0. The Morgan fingerprint density at radius 1 is 0.949 bits per heavy atom. The van der Waals surface area contributed by atoms with Gasteiger partial charge in [0.1, 0.15) is 11.5 Å². The molecule has 0 aromatic heterocycles. The standard InChI is InChI=1S/C36H44NO2/c1-25(22-26-12-6-5-7-13-26)18-19-27-20-21-31(36(2,3)4)32(23-27)37-35(38)24-30-28-14-8-10-16-33(28)39-34-17-11-9-15-29(30)34/h8-11,14-17,20-21,23,25-26,30H,1,5-7,12-13,18-19,22,24H2,2-4H3,(H,37,38). The third-order valence-corrected chi connectivity index (χ3v) is 8.60. The van der Waals surface area contributed by atoms with Crippen LogP contribution in [-0.4, -0.2) is 5.91 Å². The quantitative estimate of drug-likeness (QED) is 0.320. The summed E-state index contributed by atoms with van der Waals surface area (Å²) in [6.07, 6.45) is 10.6. The Bertz CT molecular complexity index is 1240. The predicted molar refractivity (Wildman–Crippen MR) is 162 cm³/mol. The molecule has 0 spiro atoms. The van der Waals surface area contributed by atoms with E-state index in [0.29, 0.717) is 12.3 Å². The molecule has 5 rings (SSSR count). The number of amides is 1. The highest BCUT2D eigenvalue weighted by molar-refractivity contribution is 5.93. The van der Waals surface area contributed by atoms with Crippen molar-refractivity contribution >= 4 is 11.6 Å². The van der Waals surface area contributed by atoms with E-state index < -0.39 is 0 Å². The Labute approximate surface area is 235 Å². The lowest BCUT2D eigenvalue weighted by atomic mass is 9.81. The third-order valence-electron chi connectivity index (χ3n) is 8.60. The summed E-state index contributed by atoms with van der Waals surface area (Å²) in [4.78, 5) is 13.6. The van der Waals surface area contributed by atoms with E-state index in [4.69, 9.17) is 4.74 Å². The van der Waals surface area contributed by atoms with E-state index in [0.717, 1.165) is 47.1 Å². The molecule has 3 aromatic carbocycles. The van der Waals surface area contributed by atoms with Crippen molar-refractivity contribution in [2.45, 2.75) is 89.9 Å². The number of hydrogen-bond acceptors (Lipinski definition) is 2. The molecule has 0 saturated heterocycles. The van der Waals surface area contributed by atoms with Gasteiger partial charge < -0.3 is 10.1 Å². The lowest BCUT2D eigenvalue weighted by Gasteiger charge is -2.28. The molecule has 1 heterocycles. The molecule has 3 heteroatoms. The maximum atomic E-state index is 13.6. The van der Waals surface area contributed by atoms with Gasteiger partial charge in [-0.05, 0) is 65.8 Å². The minimum atomic E-state index is -0.0746. The molecule has 0 bridgehead atoms. The average molecular weight is 523 g/mol. The summed E-state index contributed by atoms with van der Waals surface area (Å²) in [5, 5.41) is 3.32. The second-order valence-corrected chi connectivity index (χ2v) is 12.8. The summed E-state index contributed by atoms with van der Waals surface area (Å²) in [5.41, 5.74) is 5.44. The number of carbonyl (C=O) groups is 1. The van der Waals surface area contributed by atoms with Crippen molar-refractivity contribution in [1.29, 1.82) is 0 Å². The van der Waals surface area contributed by atoms with Crippen LogP contribution in [0.1, 0.15) is 100 Å². The van der Waals surface area contributed by atoms with E-state index >= 15 is 0 Å². The van der Waals surface area contributed by atoms with E-state index in [9.17, 15) is 4.79 Å². The van der Waals surface area contributed by atoms with Crippen molar-refractivity contribution in [2.24, 2.45) is 11.8 Å². The third kappa shape index (κ3) is 6.75. The largest absolute Gasteiger partial charge is 0.457 e. The minimum Gasteiger partial charge on any atom is -0.457 e. The Hall–Kier alpha value is -3.07. The van der Waals surface area contributed by atoms with Crippen LogP contribution in [0.2, 0.25) is 0 Å². The fraction of sp³-hybridized carbons (Fsp3) is 0.444. The van der Waals surface area contributed by atoms with Gasteiger partial charge in [0, 0.05) is 29.2 Å². The SMILES string of the molecule is [CH2]C(CCc1ccc(C(C)(C)C)c(NC(=O)CC2c3ccccc3Oc3ccccc32)c1)CC1CCCCC1. The Morgan fingerprint density at radius 2 is 1.59 bits per heavy atom. The van der Waals surface area contributed by atoms with E-state index in [2.05, 4.69) is 63.3 Å². The fourth-order valence-corrected chi connectivity index (χ4v) is 6.50. The van der Waals surface area contributed by atoms with Crippen molar-refractivity contribution in [2.75, 3.05) is 5.32 Å². The molecule has 1 aliphatic heterocycles. The van der Waals surface area contributed by atoms with Crippen LogP contribution in [-0.2, 0) is 16.6 Å². The van der Waals surface area contributed by atoms with Crippen molar-refractivity contribution in [3.63, 3.8) is 0 Å². The second-order valence-electron chi connectivity index (χ2n) is 12.8. The summed E-state index contributed by atoms with van der Waals surface area (Å²) in [6.45, 7) is 11.1. The molecular formula is C36H44NO2. The lowest BCUT2D eigenvalue weighted by Crippen LogP contribution is -2.22. The highest BCUT2D eigenvalue weighted by atomic mass is 16.5. The number of hydrogen-bond donors (Lipinski definition) is 1. The number of para-hydroxylation sites is 2. The summed E-state index contributed by atoms with van der Waals surface area (Å²) in [6, 6.07) is 22.8. The summed E-state index contributed by atoms with van der Waals surface area (Å²) < 4.78 is 6.14. The van der Waals surface area contributed by atoms with Crippen LogP contribution in [0.4, 0.5) is 5.69 Å². The van der Waals surface area contributed by atoms with Crippen LogP contribution in [0.3, 0.4) is 0 Å². The molecule has 39 heavy (non-hydrogen) atoms. The number of anilines is 1. The minimum absolute atomic E-state index is 0.0292. The van der Waals surface area contributed by atoms with Gasteiger partial charge in [-0.2, -0.15) is 0 Å². The van der Waals surface area contributed by atoms with Gasteiger partial charge in [0.05, 0.1) is 0 Å². The van der Waals surface area contributed by atoms with Gasteiger partial charge in [-0.3, -0.25) is 4.79 Å². The monoisotopic (exact) mass is 522 g/mol. The molecule has 1 N–H and O–H groups in total. The first-order valence-electron chi connectivity index (χ1n) is 14.9. The molecule has 205 valence electrons. The van der Waals surface area contributed by atoms with Crippen molar-refractivity contribution in [3.05, 3.63) is 95.9 Å². The highest BCUT2D eigenvalue weighted by Gasteiger charge is 2.29. The van der Waals surface area contributed by atoms with Gasteiger partial charge in [-0.1, -0.05) is 108 Å². The molecular weight excluding hydrogens is 478 g/mol. The van der Waals surface area contributed by atoms with Crippen molar-refractivity contribution in [3.8, 4) is 11.5 Å². The van der Waals surface area contributed by atoms with Crippen LogP contribution in [0.5, 0.6) is 11.5 Å². The topological polar surface area (TPSA) is 38.3 Å². The summed E-state index contributed by atoms with van der Waals surface area (Å²) in [5.74, 6) is 3.01. The maximum Gasteiger partial charge on any atom is 0.225 e. The van der Waals surface area contributed by atoms with Gasteiger partial charge >= 0.3 is 0 Å². The predicted octanol–water partition coefficient (Wildman–Crippen LogP) is 9.60. The van der Waals surface area contributed by atoms with E-state index in [1.165, 1.54) is 49.7 Å². The molecule has 1 aliphatic carbocycles. The molecule has 1 radical (unpaired) electrons. The summed E-state index contributed by atoms with van der Waals surface area (Å²) in [7, 11) is 0. The van der Waals surface area contributed by atoms with Gasteiger partial charge in [0.2, 0.25) is 5.91 Å². The molecule has 3 aromatic rings. The van der Waals surface area contributed by atoms with Crippen LogP contribution in [0.15, 0.2) is 66.7 Å². The average Bonchev–Trinajstić information content (AvgIpc) is 2.92. The van der Waals surface area contributed by atoms with Gasteiger partial charge in [-0.15, -0.1) is 0 Å². The first kappa shape index (κ1) is 27.5. The normalized spacial score (nSPS) is 16.6. The van der Waals surface area contributed by atoms with Crippen LogP contribution in [0, 0.1) is 18.8 Å². The molecule has 3 nitrogen and oxygen atoms in total. The van der Waals surface area contributed by atoms with E-state index in [1.54, 1.807) is 0 Å². The number of carbonyl (C=O) groups excluding carboxylic acids is 1. The lowest BCUT2D eigenvalue weighted by molar-refractivity contribution is -0.116. The summed E-state index contributed by atoms with van der Waals surface area (Å²) >= 11 is 0. The molecule has 1 unspecified atom stereocenters. The van der Waals surface area contributed by atoms with E-state index in [-0.39, 0.29) is 17.2 Å². The fourth-order valence-electron chi connectivity index (χ4n) is 6.50. The van der Waals surface area contributed by atoms with Crippen LogP contribution < -0.4 is 10.1 Å². The zero-order valence-corrected chi connectivity index (χ0v) is 24.0. The molecule has 1 fully saturated rings. The molecule has 1 atom stereocenters. The Kier molecular flexibility index (Phi) is 8.45. The van der Waals surface area contributed by atoms with E-state index in [1.807, 2.05) is 36.4 Å². The molecule has 1 saturated carbocycles. The first-order valence-corrected chi connectivity index (χ1v) is 14.9. The van der Waals surface area contributed by atoms with Crippen molar-refractivity contribution in [1.82, 2.24) is 0 Å². The van der Waals surface area contributed by atoms with Crippen LogP contribution in [0.25, 0.3) is 0 Å². The highest BCUT2D eigenvalue weighted by Crippen LogP contribution is 2.45. The number of aryl methyl sites for hydroxylation is 1. The van der Waals surface area contributed by atoms with Crippen LogP contribution >= 0.6 is 0 Å². The van der Waals surface area contributed by atoms with Gasteiger partial charge in [0.15, 0.2) is 0 Å². The first-order chi connectivity index (χ1) is 18.8. The Morgan fingerprint density at radius 3 is 2.23 bits per heavy atom. The smallest absolute Gasteiger partial charge is 0.225 e. The Balaban J connectivity index is 1.31. The van der Waals surface area contributed by atoms with Gasteiger partial charge in [0.25, 0.3) is 0 Å². The molecule has 1 amide bonds. The number of rotatable bonds is 8. The number of fused-ring (bicyclic) bond motifs is 2. The van der Waals surface area contributed by atoms with Crippen molar-refractivity contribution < 1.29 is 9.53 Å². The van der Waals surface area contributed by atoms with Gasteiger partial charge in [-0.25, -0.2) is 0 Å². The maximum absolute atomic E-state index is 13.6. The number of benzene rings is 3.